The van der Waals surface area contributed by atoms with Crippen molar-refractivity contribution in [2.45, 2.75) is 419 Å². The zero-order valence-corrected chi connectivity index (χ0v) is 64.5. The van der Waals surface area contributed by atoms with E-state index in [9.17, 15) is 43.2 Å². The van der Waals surface area contributed by atoms with Crippen LogP contribution in [-0.4, -0.2) is 96.7 Å². The summed E-state index contributed by atoms with van der Waals surface area (Å²) in [6.45, 7) is 9.52. The first-order valence-electron chi connectivity index (χ1n) is 40.0. The minimum absolute atomic E-state index is 0.106. The number of phosphoric ester groups is 2. The highest BCUT2D eigenvalue weighted by molar-refractivity contribution is 7.47. The van der Waals surface area contributed by atoms with E-state index in [0.717, 1.165) is 102 Å². The van der Waals surface area contributed by atoms with Gasteiger partial charge in [0.15, 0.2) is 12.2 Å². The standard InChI is InChI=1S/C77H150O17P2/c1-7-9-11-13-15-17-19-20-21-22-23-24-25-26-27-28-34-38-42-50-56-62-77(82)93-72(65-87-74(79)59-53-47-40-36-33-30-29-32-35-39-45-51-57-69(3)4)67-91-95(83,84)89-63-71(78)64-90-96(85,86)92-68-73(66-88-75(80)60-54-48-44-43-46-52-58-70(5)6)94-76(81)61-55-49-41-37-31-18-16-14-12-10-8-2/h69-73,78H,7-68H2,1-6H3,(H,83,84)(H,85,86)/t71-,72-,73-/m1/s1. The van der Waals surface area contributed by atoms with E-state index in [-0.39, 0.29) is 25.7 Å². The number of carbonyl (C=O) groups excluding carboxylic acids is 4. The van der Waals surface area contributed by atoms with Gasteiger partial charge in [0.25, 0.3) is 0 Å². The van der Waals surface area contributed by atoms with Crippen LogP contribution in [-0.2, 0) is 65.4 Å². The van der Waals surface area contributed by atoms with Crippen LogP contribution >= 0.6 is 15.6 Å². The lowest BCUT2D eigenvalue weighted by molar-refractivity contribution is -0.161. The Kier molecular flexibility index (Phi) is 67.4. The van der Waals surface area contributed by atoms with Gasteiger partial charge in [0.1, 0.15) is 19.3 Å². The summed E-state index contributed by atoms with van der Waals surface area (Å²) in [4.78, 5) is 72.8. The van der Waals surface area contributed by atoms with E-state index in [1.165, 1.54) is 212 Å². The Labute approximate surface area is 588 Å². The fourth-order valence-corrected chi connectivity index (χ4v) is 13.4. The topological polar surface area (TPSA) is 237 Å². The number of aliphatic hydroxyl groups excluding tert-OH is 1. The van der Waals surface area contributed by atoms with Crippen LogP contribution < -0.4 is 0 Å². The Morgan fingerprint density at radius 2 is 0.479 bits per heavy atom. The number of esters is 4. The zero-order chi connectivity index (χ0) is 70.7. The number of hydrogen-bond acceptors (Lipinski definition) is 15. The Hall–Kier alpha value is -1.94. The lowest BCUT2D eigenvalue weighted by Gasteiger charge is -2.21. The second-order valence-electron chi connectivity index (χ2n) is 28.7. The highest BCUT2D eigenvalue weighted by Crippen LogP contribution is 2.45. The fourth-order valence-electron chi connectivity index (χ4n) is 11.8. The number of phosphoric acid groups is 2. The molecular formula is C77H150O17P2. The van der Waals surface area contributed by atoms with Crippen LogP contribution in [0.25, 0.3) is 0 Å². The third-order valence-electron chi connectivity index (χ3n) is 18.0. The molecule has 3 N–H and O–H groups in total. The van der Waals surface area contributed by atoms with Crippen LogP contribution in [0.3, 0.4) is 0 Å². The van der Waals surface area contributed by atoms with Gasteiger partial charge in [-0.3, -0.25) is 37.3 Å². The lowest BCUT2D eigenvalue weighted by Crippen LogP contribution is -2.30. The molecule has 0 aromatic carbocycles. The number of aliphatic hydroxyl groups is 1. The Bertz CT molecular complexity index is 1860. The van der Waals surface area contributed by atoms with E-state index in [1.54, 1.807) is 0 Å². The maximum Gasteiger partial charge on any atom is 0.472 e. The van der Waals surface area contributed by atoms with Crippen molar-refractivity contribution >= 4 is 39.5 Å². The van der Waals surface area contributed by atoms with Crippen molar-refractivity contribution in [2.75, 3.05) is 39.6 Å². The molecule has 0 aromatic rings. The molecule has 0 aromatic heterocycles. The summed E-state index contributed by atoms with van der Waals surface area (Å²) in [5.74, 6) is -0.656. The van der Waals surface area contributed by atoms with Crippen LogP contribution in [0.4, 0.5) is 0 Å². The molecule has 19 heteroatoms. The fraction of sp³-hybridized carbons (Fsp3) is 0.948. The number of unbranched alkanes of at least 4 members (excludes halogenated alkanes) is 46. The highest BCUT2D eigenvalue weighted by atomic mass is 31.2. The second-order valence-corrected chi connectivity index (χ2v) is 31.6. The van der Waals surface area contributed by atoms with Gasteiger partial charge >= 0.3 is 39.5 Å². The summed E-state index contributed by atoms with van der Waals surface area (Å²) < 4.78 is 68.5. The van der Waals surface area contributed by atoms with Gasteiger partial charge in [-0.05, 0) is 37.5 Å². The maximum absolute atomic E-state index is 13.1. The Balaban J connectivity index is 5.19. The van der Waals surface area contributed by atoms with Gasteiger partial charge in [-0.2, -0.15) is 0 Å². The van der Waals surface area contributed by atoms with Crippen LogP contribution in [0.1, 0.15) is 401 Å². The molecule has 0 heterocycles. The zero-order valence-electron chi connectivity index (χ0n) is 62.7. The second kappa shape index (κ2) is 68.8. The number of ether oxygens (including phenoxy) is 4. The molecule has 0 aliphatic carbocycles. The van der Waals surface area contributed by atoms with Crippen molar-refractivity contribution in [1.82, 2.24) is 0 Å². The highest BCUT2D eigenvalue weighted by Gasteiger charge is 2.30. The van der Waals surface area contributed by atoms with Crippen LogP contribution in [0.15, 0.2) is 0 Å². The lowest BCUT2D eigenvalue weighted by atomic mass is 10.0. The summed E-state index contributed by atoms with van der Waals surface area (Å²) in [5.41, 5.74) is 0. The van der Waals surface area contributed by atoms with E-state index in [0.29, 0.717) is 31.6 Å². The van der Waals surface area contributed by atoms with Crippen LogP contribution in [0.5, 0.6) is 0 Å². The minimum Gasteiger partial charge on any atom is -0.462 e. The minimum atomic E-state index is -4.96. The first kappa shape index (κ1) is 94.1. The molecule has 17 nitrogen and oxygen atoms in total. The van der Waals surface area contributed by atoms with Crippen molar-refractivity contribution in [3.05, 3.63) is 0 Å². The molecule has 0 radical (unpaired) electrons. The predicted octanol–water partition coefficient (Wildman–Crippen LogP) is 22.7. The van der Waals surface area contributed by atoms with Crippen molar-refractivity contribution in [3.63, 3.8) is 0 Å². The molecule has 0 saturated carbocycles. The summed E-state index contributed by atoms with van der Waals surface area (Å²) in [5, 5.41) is 10.6. The summed E-state index contributed by atoms with van der Waals surface area (Å²) in [7, 11) is -9.91. The molecule has 96 heavy (non-hydrogen) atoms. The van der Waals surface area contributed by atoms with Gasteiger partial charge in [-0.15, -0.1) is 0 Å². The number of hydrogen-bond donors (Lipinski definition) is 3. The Morgan fingerprint density at radius 1 is 0.281 bits per heavy atom. The van der Waals surface area contributed by atoms with Crippen molar-refractivity contribution < 1.29 is 80.2 Å². The maximum atomic E-state index is 13.1. The Morgan fingerprint density at radius 3 is 0.708 bits per heavy atom. The number of rotatable bonds is 76. The average molecular weight is 1410 g/mol. The molecule has 0 spiro atoms. The first-order chi connectivity index (χ1) is 46.4. The molecule has 0 rings (SSSR count). The van der Waals surface area contributed by atoms with Crippen LogP contribution in [0, 0.1) is 11.8 Å². The van der Waals surface area contributed by atoms with Crippen molar-refractivity contribution in [3.8, 4) is 0 Å². The van der Waals surface area contributed by atoms with E-state index < -0.39 is 97.5 Å². The summed E-state index contributed by atoms with van der Waals surface area (Å²) >= 11 is 0. The molecular weight excluding hydrogens is 1260 g/mol. The molecule has 0 bridgehead atoms. The van der Waals surface area contributed by atoms with Gasteiger partial charge in [-0.1, -0.05) is 350 Å². The normalized spacial score (nSPS) is 14.0. The third kappa shape index (κ3) is 70.5. The van der Waals surface area contributed by atoms with Gasteiger partial charge in [0, 0.05) is 25.7 Å². The van der Waals surface area contributed by atoms with Crippen molar-refractivity contribution in [2.24, 2.45) is 11.8 Å². The molecule has 0 amide bonds. The molecule has 5 atom stereocenters. The van der Waals surface area contributed by atoms with Gasteiger partial charge < -0.3 is 33.8 Å². The smallest absolute Gasteiger partial charge is 0.462 e. The molecule has 0 aliphatic heterocycles. The van der Waals surface area contributed by atoms with E-state index in [1.807, 2.05) is 0 Å². The molecule has 2 unspecified atom stereocenters. The SMILES string of the molecule is CCCCCCCCCCCCCCCCCCCCCCCC(=O)O[C@H](COC(=O)CCCCCCCCCCCCCCC(C)C)COP(=O)(O)OC[C@@H](O)COP(=O)(O)OC[C@@H](COC(=O)CCCCCCCCC(C)C)OC(=O)CCCCCCCCCCCCC. The predicted molar refractivity (Wildman–Crippen MR) is 391 cm³/mol. The molecule has 0 fully saturated rings. The largest absolute Gasteiger partial charge is 0.472 e. The third-order valence-corrected chi connectivity index (χ3v) is 19.9. The molecule has 0 aliphatic rings. The molecule has 0 saturated heterocycles. The summed E-state index contributed by atoms with van der Waals surface area (Å²) in [6.07, 6.45) is 57.1. The van der Waals surface area contributed by atoms with E-state index in [4.69, 9.17) is 37.0 Å². The average Bonchev–Trinajstić information content (AvgIpc) is 1.30. The number of carbonyl (C=O) groups is 4. The van der Waals surface area contributed by atoms with E-state index >= 15 is 0 Å². The quantitative estimate of drug-likeness (QED) is 0.0222. The molecule has 570 valence electrons. The first-order valence-corrected chi connectivity index (χ1v) is 43.0. The van der Waals surface area contributed by atoms with Crippen molar-refractivity contribution in [1.29, 1.82) is 0 Å². The summed E-state index contributed by atoms with van der Waals surface area (Å²) in [6, 6.07) is 0. The van der Waals surface area contributed by atoms with Crippen LogP contribution in [0.2, 0.25) is 0 Å². The van der Waals surface area contributed by atoms with Gasteiger partial charge in [0.05, 0.1) is 26.4 Å². The van der Waals surface area contributed by atoms with Gasteiger partial charge in [-0.25, -0.2) is 9.13 Å². The van der Waals surface area contributed by atoms with Gasteiger partial charge in [0.2, 0.25) is 0 Å². The monoisotopic (exact) mass is 1410 g/mol. The van der Waals surface area contributed by atoms with E-state index in [2.05, 4.69) is 41.5 Å².